The number of piperazine rings is 1. The van der Waals surface area contributed by atoms with Crippen molar-refractivity contribution in [1.82, 2.24) is 19.9 Å². The summed E-state index contributed by atoms with van der Waals surface area (Å²) in [6, 6.07) is 4.78. The first kappa shape index (κ1) is 18.6. The summed E-state index contributed by atoms with van der Waals surface area (Å²) in [5.74, 6) is 0.185. The minimum Gasteiger partial charge on any atom is -0.334 e. The van der Waals surface area contributed by atoms with Crippen molar-refractivity contribution in [2.75, 3.05) is 44.0 Å². The number of hydrogen-bond acceptors (Lipinski definition) is 8. The molecule has 1 saturated heterocycles. The maximum Gasteiger partial charge on any atom is 0.354 e. The molecule has 9 nitrogen and oxygen atoms in total. The molecule has 0 bridgehead atoms. The molecule has 2 aromatic rings. The minimum absolute atomic E-state index is 0.0555. The van der Waals surface area contributed by atoms with Crippen LogP contribution in [-0.2, 0) is 0 Å². The number of likely N-dealkylation sites (N-methyl/N-ethyl adjacent to an activating group) is 1. The second-order valence-electron chi connectivity index (χ2n) is 5.86. The average molecular weight is 398 g/mol. The number of hydrazine groups is 1. The van der Waals surface area contributed by atoms with Gasteiger partial charge in [0.2, 0.25) is 11.6 Å². The van der Waals surface area contributed by atoms with Crippen molar-refractivity contribution in [3.63, 3.8) is 0 Å². The Hall–Kier alpha value is -2.20. The standard InChI is InChI=1S/C15H17Cl2N7O2/c1-22-2-4-23(5-3-22)21-15-13(24(25)26)14(18-9-19-15)20-12-7-10(16)6-11(17)8-12/h6-9H,2-5H2,1H3,(H2,18,19,20,21). The smallest absolute Gasteiger partial charge is 0.334 e. The number of nitro groups is 1. The van der Waals surface area contributed by atoms with Crippen molar-refractivity contribution in [2.24, 2.45) is 0 Å². The first-order chi connectivity index (χ1) is 12.4. The molecule has 1 aliphatic heterocycles. The van der Waals surface area contributed by atoms with Crippen molar-refractivity contribution >= 4 is 46.2 Å². The van der Waals surface area contributed by atoms with Crippen LogP contribution in [0.4, 0.5) is 23.0 Å². The van der Waals surface area contributed by atoms with Crippen LogP contribution in [-0.4, -0.2) is 58.0 Å². The highest BCUT2D eigenvalue weighted by Crippen LogP contribution is 2.33. The Bertz CT molecular complexity index is 792. The Balaban J connectivity index is 1.87. The largest absolute Gasteiger partial charge is 0.354 e. The fourth-order valence-corrected chi connectivity index (χ4v) is 3.08. The second-order valence-corrected chi connectivity index (χ2v) is 6.73. The fraction of sp³-hybridized carbons (Fsp3) is 0.333. The molecule has 0 aliphatic carbocycles. The molecule has 0 atom stereocenters. The monoisotopic (exact) mass is 397 g/mol. The summed E-state index contributed by atoms with van der Waals surface area (Å²) in [6.45, 7) is 3.17. The van der Waals surface area contributed by atoms with Gasteiger partial charge in [-0.3, -0.25) is 15.5 Å². The van der Waals surface area contributed by atoms with Crippen LogP contribution >= 0.6 is 23.2 Å². The molecule has 0 unspecified atom stereocenters. The molecule has 138 valence electrons. The molecule has 2 heterocycles. The van der Waals surface area contributed by atoms with Crippen LogP contribution in [0.15, 0.2) is 24.5 Å². The lowest BCUT2D eigenvalue weighted by molar-refractivity contribution is -0.383. The number of nitrogens with one attached hydrogen (secondary N) is 2. The Morgan fingerprint density at radius 2 is 1.69 bits per heavy atom. The molecule has 0 spiro atoms. The van der Waals surface area contributed by atoms with E-state index in [1.54, 1.807) is 18.2 Å². The van der Waals surface area contributed by atoms with Gasteiger partial charge in [-0.05, 0) is 25.2 Å². The molecule has 11 heteroatoms. The predicted molar refractivity (Wildman–Crippen MR) is 101 cm³/mol. The molecule has 1 aliphatic rings. The van der Waals surface area contributed by atoms with E-state index >= 15 is 0 Å². The van der Waals surface area contributed by atoms with E-state index in [1.165, 1.54) is 6.33 Å². The van der Waals surface area contributed by atoms with Gasteiger partial charge in [0.15, 0.2) is 0 Å². The van der Waals surface area contributed by atoms with Crippen molar-refractivity contribution in [3.8, 4) is 0 Å². The van der Waals surface area contributed by atoms with Gasteiger partial charge in [-0.2, -0.15) is 0 Å². The Kier molecular flexibility index (Phi) is 5.72. The van der Waals surface area contributed by atoms with E-state index < -0.39 is 4.92 Å². The molecule has 2 N–H and O–H groups in total. The normalized spacial score (nSPS) is 15.7. The maximum absolute atomic E-state index is 11.6. The van der Waals surface area contributed by atoms with Gasteiger partial charge in [0, 0.05) is 41.9 Å². The first-order valence-electron chi connectivity index (χ1n) is 7.85. The van der Waals surface area contributed by atoms with Gasteiger partial charge < -0.3 is 10.2 Å². The highest BCUT2D eigenvalue weighted by atomic mass is 35.5. The lowest BCUT2D eigenvalue weighted by Gasteiger charge is -2.32. The summed E-state index contributed by atoms with van der Waals surface area (Å²) >= 11 is 12.0. The van der Waals surface area contributed by atoms with Crippen LogP contribution in [0, 0.1) is 10.1 Å². The van der Waals surface area contributed by atoms with Gasteiger partial charge >= 0.3 is 5.69 Å². The lowest BCUT2D eigenvalue weighted by Crippen LogP contribution is -2.47. The van der Waals surface area contributed by atoms with Gasteiger partial charge in [-0.15, -0.1) is 0 Å². The van der Waals surface area contributed by atoms with Gasteiger partial charge in [0.05, 0.1) is 4.92 Å². The molecule has 0 saturated carbocycles. The average Bonchev–Trinajstić information content (AvgIpc) is 2.56. The zero-order valence-corrected chi connectivity index (χ0v) is 15.5. The first-order valence-corrected chi connectivity index (χ1v) is 8.60. The van der Waals surface area contributed by atoms with Gasteiger partial charge in [0.1, 0.15) is 6.33 Å². The van der Waals surface area contributed by atoms with E-state index in [1.807, 2.05) is 12.1 Å². The summed E-state index contributed by atoms with van der Waals surface area (Å²) in [7, 11) is 2.03. The molecule has 3 rings (SSSR count). The van der Waals surface area contributed by atoms with Gasteiger partial charge in [-0.1, -0.05) is 23.2 Å². The van der Waals surface area contributed by atoms with Crippen LogP contribution < -0.4 is 10.7 Å². The third-order valence-electron chi connectivity index (χ3n) is 3.90. The van der Waals surface area contributed by atoms with Crippen molar-refractivity contribution in [3.05, 3.63) is 44.7 Å². The third kappa shape index (κ3) is 4.50. The molecular weight excluding hydrogens is 381 g/mol. The topological polar surface area (TPSA) is 99.5 Å². The van der Waals surface area contributed by atoms with E-state index in [9.17, 15) is 10.1 Å². The van der Waals surface area contributed by atoms with Crippen molar-refractivity contribution in [2.45, 2.75) is 0 Å². The predicted octanol–water partition coefficient (Wildman–Crippen LogP) is 3.01. The summed E-state index contributed by atoms with van der Waals surface area (Å²) in [4.78, 5) is 21.3. The van der Waals surface area contributed by atoms with Crippen LogP contribution in [0.25, 0.3) is 0 Å². The number of halogens is 2. The van der Waals surface area contributed by atoms with Crippen LogP contribution in [0.2, 0.25) is 10.0 Å². The van der Waals surface area contributed by atoms with Crippen molar-refractivity contribution in [1.29, 1.82) is 0 Å². The second kappa shape index (κ2) is 8.00. The molecule has 0 radical (unpaired) electrons. The molecule has 0 amide bonds. The number of aromatic nitrogens is 2. The summed E-state index contributed by atoms with van der Waals surface area (Å²) < 4.78 is 0. The summed E-state index contributed by atoms with van der Waals surface area (Å²) in [5.41, 5.74) is 3.27. The maximum atomic E-state index is 11.6. The number of benzene rings is 1. The van der Waals surface area contributed by atoms with E-state index in [0.717, 1.165) is 26.2 Å². The fourth-order valence-electron chi connectivity index (χ4n) is 2.56. The Morgan fingerprint density at radius 1 is 1.08 bits per heavy atom. The Morgan fingerprint density at radius 3 is 2.31 bits per heavy atom. The molecular formula is C15H17Cl2N7O2. The van der Waals surface area contributed by atoms with E-state index in [2.05, 4.69) is 25.6 Å². The number of rotatable bonds is 5. The van der Waals surface area contributed by atoms with Crippen LogP contribution in [0.3, 0.4) is 0 Å². The number of hydrogen-bond donors (Lipinski definition) is 2. The van der Waals surface area contributed by atoms with Crippen LogP contribution in [0.1, 0.15) is 0 Å². The third-order valence-corrected chi connectivity index (χ3v) is 4.33. The Labute approximate surface area is 160 Å². The van der Waals surface area contributed by atoms with E-state index in [-0.39, 0.29) is 17.3 Å². The lowest BCUT2D eigenvalue weighted by atomic mass is 10.3. The summed E-state index contributed by atoms with van der Waals surface area (Å²) in [5, 5.41) is 17.2. The minimum atomic E-state index is -0.521. The SMILES string of the molecule is CN1CCN(Nc2ncnc(Nc3cc(Cl)cc(Cl)c3)c2[N+](=O)[O-])CC1. The van der Waals surface area contributed by atoms with E-state index in [4.69, 9.17) is 23.2 Å². The molecule has 1 aromatic heterocycles. The van der Waals surface area contributed by atoms with Crippen molar-refractivity contribution < 1.29 is 4.92 Å². The highest BCUT2D eigenvalue weighted by Gasteiger charge is 2.25. The van der Waals surface area contributed by atoms with Crippen LogP contribution in [0.5, 0.6) is 0 Å². The molecule has 1 aromatic carbocycles. The summed E-state index contributed by atoms with van der Waals surface area (Å²) in [6.07, 6.45) is 1.26. The number of anilines is 3. The quantitative estimate of drug-likeness (QED) is 0.586. The van der Waals surface area contributed by atoms with Gasteiger partial charge in [-0.25, -0.2) is 15.0 Å². The highest BCUT2D eigenvalue weighted by molar-refractivity contribution is 6.35. The molecule has 1 fully saturated rings. The molecule has 26 heavy (non-hydrogen) atoms. The number of nitrogens with zero attached hydrogens (tertiary/aromatic N) is 5. The zero-order valence-electron chi connectivity index (χ0n) is 13.9. The van der Waals surface area contributed by atoms with Gasteiger partial charge in [0.25, 0.3) is 0 Å². The van der Waals surface area contributed by atoms with E-state index in [0.29, 0.717) is 15.7 Å². The zero-order chi connectivity index (χ0) is 18.7.